The highest BCUT2D eigenvalue weighted by atomic mass is 31.2. The predicted molar refractivity (Wildman–Crippen MR) is 122 cm³/mol. The molecule has 0 bridgehead atoms. The van der Waals surface area contributed by atoms with Crippen molar-refractivity contribution in [2.75, 3.05) is 0 Å². The van der Waals surface area contributed by atoms with Crippen LogP contribution in [0.1, 0.15) is 27.7 Å². The summed E-state index contributed by atoms with van der Waals surface area (Å²) < 4.78 is 27.4. The summed E-state index contributed by atoms with van der Waals surface area (Å²) in [5, 5.41) is 2.36. The molecule has 5 heteroatoms. The molecule has 1 fully saturated rings. The fourth-order valence-electron chi connectivity index (χ4n) is 3.65. The predicted octanol–water partition coefficient (Wildman–Crippen LogP) is 3.63. The maximum atomic E-state index is 14.8. The molecular formula is C24H26BO3P. The summed E-state index contributed by atoms with van der Waals surface area (Å²) in [6.07, 6.45) is 0. The van der Waals surface area contributed by atoms with E-state index in [1.165, 1.54) is 0 Å². The van der Waals surface area contributed by atoms with Crippen molar-refractivity contribution in [3.05, 3.63) is 84.9 Å². The summed E-state index contributed by atoms with van der Waals surface area (Å²) in [6.45, 7) is 8.13. The van der Waals surface area contributed by atoms with Crippen LogP contribution in [0.15, 0.2) is 84.9 Å². The first-order chi connectivity index (χ1) is 13.8. The van der Waals surface area contributed by atoms with Crippen LogP contribution in [-0.2, 0) is 13.9 Å². The molecule has 0 unspecified atom stereocenters. The van der Waals surface area contributed by atoms with Gasteiger partial charge in [0, 0.05) is 15.9 Å². The number of rotatable bonds is 4. The van der Waals surface area contributed by atoms with E-state index in [-0.39, 0.29) is 0 Å². The molecule has 4 rings (SSSR count). The molecule has 3 aromatic carbocycles. The third kappa shape index (κ3) is 3.40. The lowest BCUT2D eigenvalue weighted by Crippen LogP contribution is -2.45. The largest absolute Gasteiger partial charge is 0.495 e. The molecule has 0 N–H and O–H groups in total. The zero-order chi connectivity index (χ0) is 20.7. The third-order valence-corrected chi connectivity index (χ3v) is 9.16. The second kappa shape index (κ2) is 7.29. The lowest BCUT2D eigenvalue weighted by Gasteiger charge is -2.32. The molecule has 0 aromatic heterocycles. The molecule has 0 aliphatic carbocycles. The molecule has 0 amide bonds. The van der Waals surface area contributed by atoms with Crippen LogP contribution in [0.5, 0.6) is 0 Å². The fourth-order valence-corrected chi connectivity index (χ4v) is 6.52. The normalized spacial score (nSPS) is 18.0. The van der Waals surface area contributed by atoms with Crippen LogP contribution in [0.2, 0.25) is 0 Å². The van der Waals surface area contributed by atoms with Gasteiger partial charge in [0.2, 0.25) is 0 Å². The van der Waals surface area contributed by atoms with Crippen LogP contribution in [0.4, 0.5) is 0 Å². The Hall–Kier alpha value is -2.13. The Morgan fingerprint density at radius 1 is 0.655 bits per heavy atom. The van der Waals surface area contributed by atoms with Crippen molar-refractivity contribution in [3.63, 3.8) is 0 Å². The van der Waals surface area contributed by atoms with Crippen LogP contribution < -0.4 is 21.4 Å². The molecule has 1 aliphatic rings. The van der Waals surface area contributed by atoms with E-state index in [1.807, 2.05) is 113 Å². The van der Waals surface area contributed by atoms with E-state index in [2.05, 4.69) is 0 Å². The second-order valence-corrected chi connectivity index (χ2v) is 11.2. The Balaban J connectivity index is 1.92. The van der Waals surface area contributed by atoms with E-state index in [4.69, 9.17) is 9.31 Å². The van der Waals surface area contributed by atoms with Gasteiger partial charge < -0.3 is 13.9 Å². The number of hydrogen-bond donors (Lipinski definition) is 0. The van der Waals surface area contributed by atoms with Crippen molar-refractivity contribution in [1.29, 1.82) is 0 Å². The van der Waals surface area contributed by atoms with E-state index in [0.29, 0.717) is 0 Å². The standard InChI is InChI=1S/C24H26BO3P/c1-23(2)24(3,4)28-25(27-23)21-17-11-12-18-22(21)29(26,19-13-7-5-8-14-19)20-15-9-6-10-16-20/h5-18H,1-4H3. The zero-order valence-electron chi connectivity index (χ0n) is 17.3. The zero-order valence-corrected chi connectivity index (χ0v) is 18.2. The maximum absolute atomic E-state index is 14.8. The summed E-state index contributed by atoms with van der Waals surface area (Å²) in [4.78, 5) is 0. The molecule has 1 saturated heterocycles. The van der Waals surface area contributed by atoms with Crippen LogP contribution in [0, 0.1) is 0 Å². The van der Waals surface area contributed by atoms with Gasteiger partial charge >= 0.3 is 7.12 Å². The van der Waals surface area contributed by atoms with Crippen LogP contribution in [0.25, 0.3) is 0 Å². The molecule has 0 spiro atoms. The minimum Gasteiger partial charge on any atom is -0.399 e. The van der Waals surface area contributed by atoms with Crippen molar-refractivity contribution in [3.8, 4) is 0 Å². The molecule has 3 aromatic rings. The van der Waals surface area contributed by atoms with Gasteiger partial charge in [-0.1, -0.05) is 84.9 Å². The fraction of sp³-hybridized carbons (Fsp3) is 0.250. The van der Waals surface area contributed by atoms with Gasteiger partial charge in [0.15, 0.2) is 7.14 Å². The van der Waals surface area contributed by atoms with Crippen LogP contribution in [0.3, 0.4) is 0 Å². The molecule has 0 saturated carbocycles. The van der Waals surface area contributed by atoms with Gasteiger partial charge in [-0.2, -0.15) is 0 Å². The Kier molecular flexibility index (Phi) is 5.07. The van der Waals surface area contributed by atoms with Gasteiger partial charge in [-0.15, -0.1) is 0 Å². The van der Waals surface area contributed by atoms with Crippen molar-refractivity contribution < 1.29 is 13.9 Å². The van der Waals surface area contributed by atoms with Gasteiger partial charge in [0.25, 0.3) is 0 Å². The molecule has 0 atom stereocenters. The Labute approximate surface area is 173 Å². The summed E-state index contributed by atoms with van der Waals surface area (Å²) in [6, 6.07) is 27.2. The minimum absolute atomic E-state index is 0.464. The van der Waals surface area contributed by atoms with Gasteiger partial charge in [-0.3, -0.25) is 0 Å². The lowest BCUT2D eigenvalue weighted by molar-refractivity contribution is 0.00578. The van der Waals surface area contributed by atoms with Crippen LogP contribution >= 0.6 is 7.14 Å². The van der Waals surface area contributed by atoms with Crippen molar-refractivity contribution >= 4 is 35.6 Å². The Morgan fingerprint density at radius 3 is 1.55 bits per heavy atom. The molecule has 1 aliphatic heterocycles. The van der Waals surface area contributed by atoms with E-state index in [0.717, 1.165) is 21.4 Å². The summed E-state index contributed by atoms with van der Waals surface area (Å²) in [7, 11) is -3.68. The average molecular weight is 404 g/mol. The summed E-state index contributed by atoms with van der Waals surface area (Å²) >= 11 is 0. The monoisotopic (exact) mass is 404 g/mol. The third-order valence-electron chi connectivity index (χ3n) is 6.02. The van der Waals surface area contributed by atoms with Crippen molar-refractivity contribution in [1.82, 2.24) is 0 Å². The number of benzene rings is 3. The highest BCUT2D eigenvalue weighted by Gasteiger charge is 2.53. The quantitative estimate of drug-likeness (QED) is 0.492. The minimum atomic E-state index is -3.11. The highest BCUT2D eigenvalue weighted by molar-refractivity contribution is 7.85. The van der Waals surface area contributed by atoms with Gasteiger partial charge in [-0.25, -0.2) is 0 Å². The lowest BCUT2D eigenvalue weighted by atomic mass is 9.79. The van der Waals surface area contributed by atoms with E-state index < -0.39 is 25.5 Å². The molecular weight excluding hydrogens is 378 g/mol. The Bertz CT molecular complexity index is 988. The molecule has 148 valence electrons. The summed E-state index contributed by atoms with van der Waals surface area (Å²) in [5.74, 6) is 0. The topological polar surface area (TPSA) is 35.5 Å². The molecule has 29 heavy (non-hydrogen) atoms. The van der Waals surface area contributed by atoms with E-state index in [9.17, 15) is 4.57 Å². The maximum Gasteiger partial charge on any atom is 0.495 e. The molecule has 3 nitrogen and oxygen atoms in total. The van der Waals surface area contributed by atoms with Crippen LogP contribution in [-0.4, -0.2) is 18.3 Å². The first-order valence-electron chi connectivity index (χ1n) is 9.92. The first-order valence-corrected chi connectivity index (χ1v) is 11.6. The van der Waals surface area contributed by atoms with E-state index in [1.54, 1.807) is 0 Å². The molecule has 1 heterocycles. The smallest absolute Gasteiger partial charge is 0.399 e. The summed E-state index contributed by atoms with van der Waals surface area (Å²) in [5.41, 5.74) is -0.107. The highest BCUT2D eigenvalue weighted by Crippen LogP contribution is 2.43. The van der Waals surface area contributed by atoms with Gasteiger partial charge in [0.05, 0.1) is 11.2 Å². The SMILES string of the molecule is CC1(C)OB(c2ccccc2P(=O)(c2ccccc2)c2ccccc2)OC1(C)C. The second-order valence-electron chi connectivity index (χ2n) is 8.43. The first kappa shape index (κ1) is 20.2. The van der Waals surface area contributed by atoms with E-state index >= 15 is 0 Å². The molecule has 0 radical (unpaired) electrons. The number of hydrogen-bond acceptors (Lipinski definition) is 3. The van der Waals surface area contributed by atoms with Crippen molar-refractivity contribution in [2.24, 2.45) is 0 Å². The Morgan fingerprint density at radius 2 is 1.07 bits per heavy atom. The average Bonchev–Trinajstić information content (AvgIpc) is 2.96. The van der Waals surface area contributed by atoms with Gasteiger partial charge in [-0.05, 0) is 33.2 Å². The van der Waals surface area contributed by atoms with Gasteiger partial charge in [0.1, 0.15) is 0 Å². The van der Waals surface area contributed by atoms with Crippen molar-refractivity contribution in [2.45, 2.75) is 38.9 Å².